The summed E-state index contributed by atoms with van der Waals surface area (Å²) in [6, 6.07) is 8.36. The van der Waals surface area contributed by atoms with Crippen LogP contribution in [-0.4, -0.2) is 49.2 Å². The number of carbonyl (C=O) groups excluding carboxylic acids is 2. The number of hydrogen-bond donors (Lipinski definition) is 2. The number of amides is 3. The maximum atomic E-state index is 12.8. The number of nitrogens with two attached hydrogens (primary N) is 1. The third kappa shape index (κ3) is 3.64. The largest absolute Gasteiger partial charge is 0.381 e. The second kappa shape index (κ2) is 6.58. The maximum Gasteiger partial charge on any atom is 0.312 e. The fraction of sp³-hybridized carbons (Fsp3) is 0.529. The smallest absolute Gasteiger partial charge is 0.312 e. The highest BCUT2D eigenvalue weighted by Gasteiger charge is 2.43. The Morgan fingerprint density at radius 2 is 2.09 bits per heavy atom. The summed E-state index contributed by atoms with van der Waals surface area (Å²) in [7, 11) is 0. The molecule has 1 aromatic carbocycles. The van der Waals surface area contributed by atoms with Crippen molar-refractivity contribution in [3.05, 3.63) is 35.9 Å². The number of hydrogen-bond acceptors (Lipinski definition) is 3. The molecule has 3 rings (SSSR count). The molecule has 3 N–H and O–H groups in total. The number of nitrogens with zero attached hydrogens (tertiary/aromatic N) is 1. The Balaban J connectivity index is 1.69. The minimum absolute atomic E-state index is 0.0589. The molecule has 2 atom stereocenters. The van der Waals surface area contributed by atoms with E-state index in [0.717, 1.165) is 31.6 Å². The van der Waals surface area contributed by atoms with Gasteiger partial charge in [0.2, 0.25) is 5.91 Å². The molecule has 0 radical (unpaired) electrons. The Labute approximate surface area is 136 Å². The van der Waals surface area contributed by atoms with Crippen molar-refractivity contribution in [3.8, 4) is 0 Å². The van der Waals surface area contributed by atoms with Gasteiger partial charge in [-0.2, -0.15) is 0 Å². The van der Waals surface area contributed by atoms with Crippen molar-refractivity contribution < 1.29 is 14.3 Å². The zero-order valence-electron chi connectivity index (χ0n) is 13.2. The number of carbonyl (C=O) groups is 2. The van der Waals surface area contributed by atoms with Crippen LogP contribution in [0.1, 0.15) is 18.4 Å². The molecule has 6 nitrogen and oxygen atoms in total. The van der Waals surface area contributed by atoms with E-state index in [1.165, 1.54) is 0 Å². The molecule has 1 spiro atoms. The van der Waals surface area contributed by atoms with Gasteiger partial charge in [-0.05, 0) is 18.4 Å². The van der Waals surface area contributed by atoms with Gasteiger partial charge in [0.1, 0.15) is 6.04 Å². The Morgan fingerprint density at radius 1 is 1.30 bits per heavy atom. The molecule has 2 fully saturated rings. The van der Waals surface area contributed by atoms with Crippen molar-refractivity contribution in [2.45, 2.75) is 25.3 Å². The van der Waals surface area contributed by atoms with Crippen molar-refractivity contribution in [1.29, 1.82) is 0 Å². The molecule has 124 valence electrons. The van der Waals surface area contributed by atoms with Crippen molar-refractivity contribution in [1.82, 2.24) is 10.2 Å². The third-order valence-electron chi connectivity index (χ3n) is 4.83. The van der Waals surface area contributed by atoms with E-state index < -0.39 is 12.1 Å². The van der Waals surface area contributed by atoms with Gasteiger partial charge in [0.25, 0.3) is 0 Å². The van der Waals surface area contributed by atoms with E-state index >= 15 is 0 Å². The van der Waals surface area contributed by atoms with Crippen molar-refractivity contribution in [2.24, 2.45) is 11.1 Å². The predicted molar refractivity (Wildman–Crippen MR) is 85.7 cm³/mol. The fourth-order valence-electron chi connectivity index (χ4n) is 3.54. The van der Waals surface area contributed by atoms with Crippen LogP contribution < -0.4 is 11.1 Å². The van der Waals surface area contributed by atoms with Gasteiger partial charge >= 0.3 is 6.03 Å². The lowest BCUT2D eigenvalue weighted by molar-refractivity contribution is -0.132. The lowest BCUT2D eigenvalue weighted by atomic mass is 9.87. The minimum Gasteiger partial charge on any atom is -0.381 e. The summed E-state index contributed by atoms with van der Waals surface area (Å²) in [6.07, 6.45) is 2.42. The molecule has 0 bridgehead atoms. The minimum atomic E-state index is -0.669. The summed E-state index contributed by atoms with van der Waals surface area (Å²) < 4.78 is 5.50. The zero-order chi connectivity index (χ0) is 16.3. The molecular weight excluding hydrogens is 294 g/mol. The lowest BCUT2D eigenvalue weighted by Gasteiger charge is -2.26. The first-order chi connectivity index (χ1) is 11.1. The molecule has 0 aromatic heterocycles. The van der Waals surface area contributed by atoms with Gasteiger partial charge in [0.05, 0.1) is 6.61 Å². The second-order valence-corrected chi connectivity index (χ2v) is 6.56. The van der Waals surface area contributed by atoms with Crippen LogP contribution in [0.3, 0.4) is 0 Å². The third-order valence-corrected chi connectivity index (χ3v) is 4.83. The second-order valence-electron chi connectivity index (χ2n) is 6.56. The van der Waals surface area contributed by atoms with E-state index in [9.17, 15) is 9.59 Å². The summed E-state index contributed by atoms with van der Waals surface area (Å²) in [4.78, 5) is 26.0. The standard InChI is InChI=1S/C17H23N3O3/c18-16(22)19-14(10-13-4-2-1-3-5-13)15(21)20-8-6-17(11-20)7-9-23-12-17/h1-5,14H,6-12H2,(H3,18,19,22). The van der Waals surface area contributed by atoms with Gasteiger partial charge in [-0.15, -0.1) is 0 Å². The number of benzene rings is 1. The Hall–Kier alpha value is -2.08. The summed E-state index contributed by atoms with van der Waals surface area (Å²) in [6.45, 7) is 2.92. The molecule has 0 aliphatic carbocycles. The molecular formula is C17H23N3O3. The number of urea groups is 1. The van der Waals surface area contributed by atoms with E-state index in [1.54, 1.807) is 0 Å². The van der Waals surface area contributed by atoms with Crippen LogP contribution in [0.4, 0.5) is 4.79 Å². The van der Waals surface area contributed by atoms with Crippen LogP contribution in [0.15, 0.2) is 30.3 Å². The normalized spacial score (nSPS) is 24.8. The molecule has 2 heterocycles. The highest BCUT2D eigenvalue weighted by molar-refractivity contribution is 5.87. The summed E-state index contributed by atoms with van der Waals surface area (Å²) >= 11 is 0. The topological polar surface area (TPSA) is 84.7 Å². The van der Waals surface area contributed by atoms with Gasteiger partial charge in [0.15, 0.2) is 0 Å². The van der Waals surface area contributed by atoms with Gasteiger partial charge in [-0.3, -0.25) is 4.79 Å². The van der Waals surface area contributed by atoms with E-state index in [2.05, 4.69) is 5.32 Å². The zero-order valence-corrected chi connectivity index (χ0v) is 13.2. The molecule has 2 unspecified atom stereocenters. The van der Waals surface area contributed by atoms with Crippen LogP contribution in [0.5, 0.6) is 0 Å². The molecule has 3 amide bonds. The first-order valence-corrected chi connectivity index (χ1v) is 8.04. The number of rotatable bonds is 4. The van der Waals surface area contributed by atoms with Crippen LogP contribution >= 0.6 is 0 Å². The van der Waals surface area contributed by atoms with Gasteiger partial charge in [0, 0.05) is 31.5 Å². The van der Waals surface area contributed by atoms with E-state index in [1.807, 2.05) is 35.2 Å². The highest BCUT2D eigenvalue weighted by atomic mass is 16.5. The number of nitrogens with one attached hydrogen (secondary N) is 1. The summed E-state index contributed by atoms with van der Waals surface area (Å²) in [5.41, 5.74) is 6.37. The van der Waals surface area contributed by atoms with E-state index in [4.69, 9.17) is 10.5 Å². The highest BCUT2D eigenvalue weighted by Crippen LogP contribution is 2.38. The number of primary amides is 1. The van der Waals surface area contributed by atoms with Gasteiger partial charge < -0.3 is 20.7 Å². The fourth-order valence-corrected chi connectivity index (χ4v) is 3.54. The van der Waals surface area contributed by atoms with Crippen molar-refractivity contribution in [3.63, 3.8) is 0 Å². The number of ether oxygens (including phenoxy) is 1. The monoisotopic (exact) mass is 317 g/mol. The van der Waals surface area contributed by atoms with Crippen LogP contribution in [0.25, 0.3) is 0 Å². The molecule has 2 saturated heterocycles. The molecule has 23 heavy (non-hydrogen) atoms. The van der Waals surface area contributed by atoms with Crippen LogP contribution in [-0.2, 0) is 16.0 Å². The van der Waals surface area contributed by atoms with Crippen molar-refractivity contribution >= 4 is 11.9 Å². The Kier molecular flexibility index (Phi) is 4.52. The summed E-state index contributed by atoms with van der Waals surface area (Å²) in [5, 5.41) is 2.60. The molecule has 6 heteroatoms. The van der Waals surface area contributed by atoms with Crippen LogP contribution in [0, 0.1) is 5.41 Å². The molecule has 2 aliphatic heterocycles. The molecule has 2 aliphatic rings. The molecule has 1 aromatic rings. The first-order valence-electron chi connectivity index (χ1n) is 8.04. The van der Waals surface area contributed by atoms with Gasteiger partial charge in [-0.1, -0.05) is 30.3 Å². The quantitative estimate of drug-likeness (QED) is 0.865. The van der Waals surface area contributed by atoms with E-state index in [-0.39, 0.29) is 11.3 Å². The first kappa shape index (κ1) is 15.8. The van der Waals surface area contributed by atoms with Crippen LogP contribution in [0.2, 0.25) is 0 Å². The number of likely N-dealkylation sites (tertiary alicyclic amines) is 1. The average Bonchev–Trinajstić information content (AvgIpc) is 3.17. The average molecular weight is 317 g/mol. The Morgan fingerprint density at radius 3 is 2.74 bits per heavy atom. The predicted octanol–water partition coefficient (Wildman–Crippen LogP) is 0.905. The van der Waals surface area contributed by atoms with Crippen molar-refractivity contribution in [2.75, 3.05) is 26.3 Å². The summed E-state index contributed by atoms with van der Waals surface area (Å²) in [5.74, 6) is -0.0589. The van der Waals surface area contributed by atoms with Gasteiger partial charge in [-0.25, -0.2) is 4.79 Å². The Bertz CT molecular complexity index is 570. The SMILES string of the molecule is NC(=O)NC(Cc1ccccc1)C(=O)N1CCC2(CCOC2)C1. The maximum absolute atomic E-state index is 12.8. The van der Waals surface area contributed by atoms with E-state index in [0.29, 0.717) is 19.5 Å². The lowest BCUT2D eigenvalue weighted by Crippen LogP contribution is -2.51. The molecule has 0 saturated carbocycles.